The molecule has 6 atom stereocenters. The van der Waals surface area contributed by atoms with Crippen molar-refractivity contribution >= 4 is 5.78 Å². The lowest BCUT2D eigenvalue weighted by atomic mass is 9.62. The Bertz CT molecular complexity index is 270. The number of Topliss-reactive ketones (excluding diaryl/α,β-unsaturated/α-hetero) is 1. The summed E-state index contributed by atoms with van der Waals surface area (Å²) in [4.78, 5) is 11.4. The Hall–Kier alpha value is -0.330. The summed E-state index contributed by atoms with van der Waals surface area (Å²) >= 11 is 0. The normalized spacial score (nSPS) is 79.7. The first kappa shape index (κ1) is 4.53. The van der Waals surface area contributed by atoms with Gasteiger partial charge in [0.15, 0.2) is 0 Å². The molecule has 5 saturated carbocycles. The van der Waals surface area contributed by atoms with Crippen molar-refractivity contribution < 1.29 is 4.79 Å². The fourth-order valence-electron chi connectivity index (χ4n) is 4.61. The summed E-state index contributed by atoms with van der Waals surface area (Å²) in [5, 5.41) is 0. The molecule has 0 aromatic carbocycles. The number of ketones is 1. The van der Waals surface area contributed by atoms with Crippen LogP contribution in [0.2, 0.25) is 0 Å². The summed E-state index contributed by atoms with van der Waals surface area (Å²) < 4.78 is 0. The lowest BCUT2D eigenvalue weighted by Gasteiger charge is -2.41. The molecule has 0 aromatic heterocycles. The smallest absolute Gasteiger partial charge is 0.140 e. The van der Waals surface area contributed by atoms with Gasteiger partial charge in [0.25, 0.3) is 0 Å². The van der Waals surface area contributed by atoms with Crippen LogP contribution in [0, 0.1) is 35.0 Å². The average molecular weight is 134 g/mol. The van der Waals surface area contributed by atoms with Gasteiger partial charge in [-0.05, 0) is 29.6 Å². The zero-order valence-corrected chi connectivity index (χ0v) is 6.00. The molecule has 6 bridgehead atoms. The Labute approximate surface area is 59.8 Å². The zero-order valence-electron chi connectivity index (χ0n) is 6.00. The van der Waals surface area contributed by atoms with Crippen LogP contribution in [0.15, 0.2) is 0 Å². The van der Waals surface area contributed by atoms with Crippen LogP contribution in [0.1, 0.15) is 13.3 Å². The highest BCUT2D eigenvalue weighted by atomic mass is 16.1. The minimum Gasteiger partial charge on any atom is -0.299 e. The number of hydrogen-bond acceptors (Lipinski definition) is 1. The molecule has 0 amide bonds. The fraction of sp³-hybridized carbons (Fsp3) is 0.889. The van der Waals surface area contributed by atoms with Crippen LogP contribution in [0.3, 0.4) is 0 Å². The highest BCUT2D eigenvalue weighted by molar-refractivity contribution is 5.96. The molecule has 5 fully saturated rings. The molecular formula is C9H10O. The molecule has 0 radical (unpaired) electrons. The van der Waals surface area contributed by atoms with E-state index in [1.165, 1.54) is 6.42 Å². The lowest BCUT2D eigenvalue weighted by Crippen LogP contribution is -2.39. The standard InChI is InChI=1S/C9H10O/c1-9-2-3-4-5(7(4)9)8(10)6(3)9/h3-7H,2H2,1H3. The predicted octanol–water partition coefficient (Wildman–Crippen LogP) is 1.09. The van der Waals surface area contributed by atoms with Crippen molar-refractivity contribution in [2.45, 2.75) is 13.3 Å². The summed E-state index contributed by atoms with van der Waals surface area (Å²) in [5.74, 6) is 4.40. The molecule has 5 aliphatic carbocycles. The van der Waals surface area contributed by atoms with Gasteiger partial charge in [-0.15, -0.1) is 0 Å². The number of rotatable bonds is 0. The SMILES string of the molecule is CC12CC3C4C(C(=O)C31)C42. The second-order valence-electron chi connectivity index (χ2n) is 4.88. The molecule has 1 nitrogen and oxygen atoms in total. The summed E-state index contributed by atoms with van der Waals surface area (Å²) in [6, 6.07) is 0. The Morgan fingerprint density at radius 1 is 1.60 bits per heavy atom. The highest BCUT2D eigenvalue weighted by Crippen LogP contribution is 2.88. The van der Waals surface area contributed by atoms with Gasteiger partial charge in [-0.3, -0.25) is 4.79 Å². The molecule has 0 heterocycles. The molecule has 0 saturated heterocycles. The minimum absolute atomic E-state index is 0.525. The van der Waals surface area contributed by atoms with Gasteiger partial charge in [0.1, 0.15) is 5.78 Å². The predicted molar refractivity (Wildman–Crippen MR) is 35.2 cm³/mol. The van der Waals surface area contributed by atoms with Gasteiger partial charge in [-0.2, -0.15) is 0 Å². The van der Waals surface area contributed by atoms with Crippen LogP contribution in [-0.2, 0) is 4.79 Å². The molecule has 0 aliphatic heterocycles. The lowest BCUT2D eigenvalue weighted by molar-refractivity contribution is -0.126. The van der Waals surface area contributed by atoms with E-state index in [-0.39, 0.29) is 0 Å². The van der Waals surface area contributed by atoms with Crippen molar-refractivity contribution in [3.8, 4) is 0 Å². The molecule has 0 aromatic rings. The van der Waals surface area contributed by atoms with Crippen molar-refractivity contribution in [3.63, 3.8) is 0 Å². The van der Waals surface area contributed by atoms with E-state index in [4.69, 9.17) is 0 Å². The summed E-state index contributed by atoms with van der Waals surface area (Å²) in [7, 11) is 0. The van der Waals surface area contributed by atoms with Crippen LogP contribution in [0.25, 0.3) is 0 Å². The summed E-state index contributed by atoms with van der Waals surface area (Å²) in [6.45, 7) is 2.34. The topological polar surface area (TPSA) is 17.1 Å². The second-order valence-corrected chi connectivity index (χ2v) is 4.88. The van der Waals surface area contributed by atoms with E-state index in [0.717, 1.165) is 17.8 Å². The summed E-state index contributed by atoms with van der Waals surface area (Å²) in [6.07, 6.45) is 1.38. The van der Waals surface area contributed by atoms with Gasteiger partial charge in [0.2, 0.25) is 0 Å². The number of hydrogen-bond donors (Lipinski definition) is 0. The van der Waals surface area contributed by atoms with Gasteiger partial charge < -0.3 is 0 Å². The Morgan fingerprint density at radius 2 is 2.40 bits per heavy atom. The number of carbonyl (C=O) groups is 1. The maximum Gasteiger partial charge on any atom is 0.140 e. The molecule has 52 valence electrons. The Balaban J connectivity index is 2.07. The van der Waals surface area contributed by atoms with Crippen molar-refractivity contribution in [3.05, 3.63) is 0 Å². The van der Waals surface area contributed by atoms with Crippen LogP contribution in [0.4, 0.5) is 0 Å². The Morgan fingerprint density at radius 3 is 2.60 bits per heavy atom. The van der Waals surface area contributed by atoms with Crippen molar-refractivity contribution in [1.29, 1.82) is 0 Å². The largest absolute Gasteiger partial charge is 0.299 e. The molecule has 0 N–H and O–H groups in total. The van der Waals surface area contributed by atoms with Crippen LogP contribution in [0.5, 0.6) is 0 Å². The maximum atomic E-state index is 11.4. The van der Waals surface area contributed by atoms with Gasteiger partial charge in [-0.25, -0.2) is 0 Å². The third-order valence-corrected chi connectivity index (χ3v) is 4.78. The first-order valence-electron chi connectivity index (χ1n) is 4.29. The summed E-state index contributed by atoms with van der Waals surface area (Å²) in [5.41, 5.74) is 0.525. The molecule has 10 heavy (non-hydrogen) atoms. The first-order chi connectivity index (χ1) is 4.75. The molecule has 0 spiro atoms. The second kappa shape index (κ2) is 0.838. The van der Waals surface area contributed by atoms with E-state index < -0.39 is 0 Å². The minimum atomic E-state index is 0.525. The van der Waals surface area contributed by atoms with E-state index in [2.05, 4.69) is 6.92 Å². The van der Waals surface area contributed by atoms with E-state index in [1.54, 1.807) is 0 Å². The van der Waals surface area contributed by atoms with Gasteiger partial charge in [0.05, 0.1) is 0 Å². The quantitative estimate of drug-likeness (QED) is 0.484. The van der Waals surface area contributed by atoms with Crippen LogP contribution in [-0.4, -0.2) is 5.78 Å². The van der Waals surface area contributed by atoms with Crippen molar-refractivity contribution in [1.82, 2.24) is 0 Å². The third kappa shape index (κ3) is 0.187. The molecule has 5 rings (SSSR count). The zero-order chi connectivity index (χ0) is 6.67. The van der Waals surface area contributed by atoms with Crippen LogP contribution >= 0.6 is 0 Å². The van der Waals surface area contributed by atoms with Gasteiger partial charge in [-0.1, -0.05) is 6.92 Å². The molecule has 5 aliphatic rings. The van der Waals surface area contributed by atoms with E-state index in [0.29, 0.717) is 23.0 Å². The van der Waals surface area contributed by atoms with Crippen molar-refractivity contribution in [2.75, 3.05) is 0 Å². The van der Waals surface area contributed by atoms with Gasteiger partial charge >= 0.3 is 0 Å². The number of carbonyl (C=O) groups excluding carboxylic acids is 1. The first-order valence-corrected chi connectivity index (χ1v) is 4.29. The Kier molecular flexibility index (Phi) is 0.379. The highest BCUT2D eigenvalue weighted by Gasteiger charge is 2.88. The van der Waals surface area contributed by atoms with E-state index in [9.17, 15) is 4.79 Å². The molecular weight excluding hydrogens is 124 g/mol. The maximum absolute atomic E-state index is 11.4. The third-order valence-electron chi connectivity index (χ3n) is 4.78. The van der Waals surface area contributed by atoms with Gasteiger partial charge in [0, 0.05) is 11.8 Å². The monoisotopic (exact) mass is 134 g/mol. The fourth-order valence-corrected chi connectivity index (χ4v) is 4.61. The van der Waals surface area contributed by atoms with E-state index >= 15 is 0 Å². The molecule has 1 heteroatoms. The van der Waals surface area contributed by atoms with Crippen LogP contribution < -0.4 is 0 Å². The molecule has 6 unspecified atom stereocenters. The average Bonchev–Trinajstić information content (AvgIpc) is 2.28. The van der Waals surface area contributed by atoms with E-state index in [1.807, 2.05) is 0 Å². The van der Waals surface area contributed by atoms with Crippen molar-refractivity contribution in [2.24, 2.45) is 35.0 Å².